The van der Waals surface area contributed by atoms with E-state index in [1.165, 1.54) is 11.5 Å². The van der Waals surface area contributed by atoms with Crippen molar-refractivity contribution in [2.24, 2.45) is 11.8 Å². The molecular formula is C10H19N3S2. The number of thioether (sulfide) groups is 1. The molecule has 0 bridgehead atoms. The number of hydrogen-bond donors (Lipinski definition) is 2. The Balaban J connectivity index is 2.57. The lowest BCUT2D eigenvalue weighted by atomic mass is 9.98. The average Bonchev–Trinajstić information content (AvgIpc) is 2.55. The van der Waals surface area contributed by atoms with Crippen molar-refractivity contribution in [3.63, 3.8) is 0 Å². The highest BCUT2D eigenvalue weighted by Gasteiger charge is 2.12. The predicted molar refractivity (Wildman–Crippen MR) is 70.8 cm³/mol. The SMILES string of the molecule is CSc1c(N)nsc1NCC(C)C(C)C. The van der Waals surface area contributed by atoms with Gasteiger partial charge in [0.25, 0.3) is 0 Å². The van der Waals surface area contributed by atoms with Gasteiger partial charge in [0.1, 0.15) is 5.00 Å². The smallest absolute Gasteiger partial charge is 0.153 e. The second-order valence-electron chi connectivity index (χ2n) is 4.03. The zero-order chi connectivity index (χ0) is 11.4. The van der Waals surface area contributed by atoms with E-state index < -0.39 is 0 Å². The van der Waals surface area contributed by atoms with E-state index in [1.54, 1.807) is 11.8 Å². The van der Waals surface area contributed by atoms with Crippen molar-refractivity contribution in [3.8, 4) is 0 Å². The topological polar surface area (TPSA) is 50.9 Å². The summed E-state index contributed by atoms with van der Waals surface area (Å²) in [6.07, 6.45) is 2.02. The van der Waals surface area contributed by atoms with Crippen LogP contribution in [0.4, 0.5) is 10.8 Å². The Morgan fingerprint density at radius 3 is 2.67 bits per heavy atom. The van der Waals surface area contributed by atoms with E-state index in [2.05, 4.69) is 30.5 Å². The Bertz CT molecular complexity index is 310. The molecule has 0 aliphatic heterocycles. The minimum absolute atomic E-state index is 0.646. The largest absolute Gasteiger partial charge is 0.382 e. The first-order valence-corrected chi connectivity index (χ1v) is 7.09. The summed E-state index contributed by atoms with van der Waals surface area (Å²) in [5, 5.41) is 4.53. The first-order chi connectivity index (χ1) is 7.06. The van der Waals surface area contributed by atoms with Crippen molar-refractivity contribution < 1.29 is 0 Å². The van der Waals surface area contributed by atoms with Crippen LogP contribution < -0.4 is 11.1 Å². The molecule has 0 saturated heterocycles. The van der Waals surface area contributed by atoms with Crippen LogP contribution in [-0.4, -0.2) is 17.2 Å². The molecule has 1 aromatic heterocycles. The van der Waals surface area contributed by atoms with Gasteiger partial charge in [-0.05, 0) is 29.6 Å². The molecule has 1 heterocycles. The molecule has 0 aliphatic rings. The van der Waals surface area contributed by atoms with Gasteiger partial charge < -0.3 is 11.1 Å². The fourth-order valence-electron chi connectivity index (χ4n) is 1.09. The van der Waals surface area contributed by atoms with Gasteiger partial charge in [-0.2, -0.15) is 4.37 Å². The van der Waals surface area contributed by atoms with Gasteiger partial charge in [-0.25, -0.2) is 0 Å². The number of nitrogens with two attached hydrogens (primary N) is 1. The van der Waals surface area contributed by atoms with Gasteiger partial charge in [-0.1, -0.05) is 20.8 Å². The van der Waals surface area contributed by atoms with Gasteiger partial charge in [0.05, 0.1) is 4.90 Å². The monoisotopic (exact) mass is 245 g/mol. The van der Waals surface area contributed by atoms with Crippen molar-refractivity contribution in [2.75, 3.05) is 23.9 Å². The van der Waals surface area contributed by atoms with Gasteiger partial charge in [-0.3, -0.25) is 0 Å². The van der Waals surface area contributed by atoms with Crippen LogP contribution in [0.5, 0.6) is 0 Å². The van der Waals surface area contributed by atoms with Crippen LogP contribution >= 0.6 is 23.3 Å². The van der Waals surface area contributed by atoms with Crippen LogP contribution in [-0.2, 0) is 0 Å². The third-order valence-corrected chi connectivity index (χ3v) is 4.37. The highest BCUT2D eigenvalue weighted by atomic mass is 32.2. The minimum Gasteiger partial charge on any atom is -0.382 e. The molecule has 0 aliphatic carbocycles. The number of anilines is 2. The molecule has 0 aromatic carbocycles. The van der Waals surface area contributed by atoms with E-state index in [-0.39, 0.29) is 0 Å². The molecule has 5 heteroatoms. The maximum absolute atomic E-state index is 5.76. The summed E-state index contributed by atoms with van der Waals surface area (Å²) in [7, 11) is 0. The Kier molecular flexibility index (Phi) is 4.73. The van der Waals surface area contributed by atoms with Gasteiger partial charge in [0.2, 0.25) is 0 Å². The van der Waals surface area contributed by atoms with Gasteiger partial charge in [0.15, 0.2) is 5.82 Å². The fraction of sp³-hybridized carbons (Fsp3) is 0.700. The van der Waals surface area contributed by atoms with Gasteiger partial charge >= 0.3 is 0 Å². The van der Waals surface area contributed by atoms with E-state index in [1.807, 2.05) is 6.26 Å². The first kappa shape index (κ1) is 12.6. The quantitative estimate of drug-likeness (QED) is 0.782. The second-order valence-corrected chi connectivity index (χ2v) is 5.62. The standard InChI is InChI=1S/C10H19N3S2/c1-6(2)7(3)5-12-10-8(14-4)9(11)13-15-10/h6-7,12H,5H2,1-4H3,(H2,11,13). The molecule has 1 rings (SSSR count). The first-order valence-electron chi connectivity index (χ1n) is 5.09. The molecule has 1 aromatic rings. The predicted octanol–water partition coefficient (Wildman–Crippen LogP) is 3.15. The average molecular weight is 245 g/mol. The van der Waals surface area contributed by atoms with E-state index >= 15 is 0 Å². The van der Waals surface area contributed by atoms with Gasteiger partial charge in [0, 0.05) is 6.54 Å². The number of nitrogens with one attached hydrogen (secondary N) is 1. The summed E-state index contributed by atoms with van der Waals surface area (Å²) in [5.41, 5.74) is 5.76. The molecule has 3 N–H and O–H groups in total. The molecule has 0 fully saturated rings. The lowest BCUT2D eigenvalue weighted by Crippen LogP contribution is -2.15. The Labute approximate surface area is 100.0 Å². The Morgan fingerprint density at radius 1 is 1.47 bits per heavy atom. The molecule has 86 valence electrons. The molecule has 0 radical (unpaired) electrons. The lowest BCUT2D eigenvalue weighted by molar-refractivity contribution is 0.440. The molecule has 1 atom stereocenters. The molecule has 3 nitrogen and oxygen atoms in total. The number of hydrogen-bond acceptors (Lipinski definition) is 5. The second kappa shape index (κ2) is 5.61. The zero-order valence-electron chi connectivity index (χ0n) is 9.70. The van der Waals surface area contributed by atoms with E-state index in [4.69, 9.17) is 5.73 Å². The van der Waals surface area contributed by atoms with Crippen LogP contribution in [0.25, 0.3) is 0 Å². The van der Waals surface area contributed by atoms with E-state index in [9.17, 15) is 0 Å². The molecule has 0 spiro atoms. The lowest BCUT2D eigenvalue weighted by Gasteiger charge is -2.16. The third-order valence-electron chi connectivity index (χ3n) is 2.60. The summed E-state index contributed by atoms with van der Waals surface area (Å²) >= 11 is 3.10. The van der Waals surface area contributed by atoms with Crippen molar-refractivity contribution in [1.82, 2.24) is 4.37 Å². The summed E-state index contributed by atoms with van der Waals surface area (Å²) in [5.74, 6) is 2.00. The summed E-state index contributed by atoms with van der Waals surface area (Å²) in [6, 6.07) is 0. The van der Waals surface area contributed by atoms with Crippen LogP contribution in [0.3, 0.4) is 0 Å². The number of nitrogens with zero attached hydrogens (tertiary/aromatic N) is 1. The maximum atomic E-state index is 5.76. The number of aromatic nitrogens is 1. The van der Waals surface area contributed by atoms with Crippen LogP contribution in [0.2, 0.25) is 0 Å². The minimum atomic E-state index is 0.646. The van der Waals surface area contributed by atoms with Crippen molar-refractivity contribution in [2.45, 2.75) is 25.7 Å². The van der Waals surface area contributed by atoms with Gasteiger partial charge in [-0.15, -0.1) is 11.8 Å². The molecular weight excluding hydrogens is 226 g/mol. The van der Waals surface area contributed by atoms with E-state index in [0.717, 1.165) is 16.4 Å². The summed E-state index contributed by atoms with van der Waals surface area (Å²) in [4.78, 5) is 1.08. The Morgan fingerprint density at radius 2 is 2.13 bits per heavy atom. The van der Waals surface area contributed by atoms with Crippen LogP contribution in [0.15, 0.2) is 4.90 Å². The van der Waals surface area contributed by atoms with Crippen LogP contribution in [0, 0.1) is 11.8 Å². The Hall–Kier alpha value is -0.420. The highest BCUT2D eigenvalue weighted by molar-refractivity contribution is 7.99. The molecule has 1 unspecified atom stereocenters. The van der Waals surface area contributed by atoms with E-state index in [0.29, 0.717) is 17.7 Å². The van der Waals surface area contributed by atoms with Crippen molar-refractivity contribution >= 4 is 34.1 Å². The summed E-state index contributed by atoms with van der Waals surface area (Å²) < 4.78 is 4.15. The van der Waals surface area contributed by atoms with Crippen LogP contribution in [0.1, 0.15) is 20.8 Å². The number of rotatable bonds is 5. The van der Waals surface area contributed by atoms with Crippen molar-refractivity contribution in [1.29, 1.82) is 0 Å². The highest BCUT2D eigenvalue weighted by Crippen LogP contribution is 2.34. The molecule has 15 heavy (non-hydrogen) atoms. The van der Waals surface area contributed by atoms with Crippen molar-refractivity contribution in [3.05, 3.63) is 0 Å². The molecule has 0 amide bonds. The third kappa shape index (κ3) is 3.28. The maximum Gasteiger partial charge on any atom is 0.153 e. The molecule has 0 saturated carbocycles. The normalized spacial score (nSPS) is 13.1. The summed E-state index contributed by atoms with van der Waals surface area (Å²) in [6.45, 7) is 7.71. The zero-order valence-corrected chi connectivity index (χ0v) is 11.3. The number of nitrogen functional groups attached to an aromatic ring is 1. The fourth-order valence-corrected chi connectivity index (χ4v) is 2.64.